The third-order valence-corrected chi connectivity index (χ3v) is 4.02. The van der Waals surface area contributed by atoms with Crippen molar-refractivity contribution in [1.29, 1.82) is 0 Å². The molecule has 0 spiro atoms. The second-order valence-corrected chi connectivity index (χ2v) is 5.77. The number of rotatable bonds is 5. The van der Waals surface area contributed by atoms with Crippen molar-refractivity contribution in [3.63, 3.8) is 0 Å². The van der Waals surface area contributed by atoms with Gasteiger partial charge in [0, 0.05) is 38.4 Å². The highest BCUT2D eigenvalue weighted by Crippen LogP contribution is 2.30. The largest absolute Gasteiger partial charge is 0.416 e. The number of hydrogen-bond donors (Lipinski definition) is 1. The summed E-state index contributed by atoms with van der Waals surface area (Å²) >= 11 is 0. The highest BCUT2D eigenvalue weighted by Gasteiger charge is 2.30. The maximum atomic E-state index is 12.6. The van der Waals surface area contributed by atoms with E-state index in [0.717, 1.165) is 56.8 Å². The Bertz CT molecular complexity index is 453. The minimum absolute atomic E-state index is 0.289. The lowest BCUT2D eigenvalue weighted by Gasteiger charge is -2.37. The summed E-state index contributed by atoms with van der Waals surface area (Å²) < 4.78 is 37.7. The Labute approximate surface area is 129 Å². The minimum atomic E-state index is -4.29. The van der Waals surface area contributed by atoms with Crippen molar-refractivity contribution < 1.29 is 18.3 Å². The molecule has 0 amide bonds. The van der Waals surface area contributed by atoms with Gasteiger partial charge < -0.3 is 10.0 Å². The molecule has 2 rings (SSSR count). The second-order valence-electron chi connectivity index (χ2n) is 5.77. The van der Waals surface area contributed by atoms with Gasteiger partial charge in [0.05, 0.1) is 11.7 Å². The smallest absolute Gasteiger partial charge is 0.392 e. The summed E-state index contributed by atoms with van der Waals surface area (Å²) in [6.07, 6.45) is -2.80. The molecule has 3 nitrogen and oxygen atoms in total. The molecule has 1 saturated heterocycles. The zero-order valence-corrected chi connectivity index (χ0v) is 12.8. The molecule has 1 unspecified atom stereocenters. The van der Waals surface area contributed by atoms with E-state index >= 15 is 0 Å². The number of anilines is 1. The van der Waals surface area contributed by atoms with Crippen LogP contribution in [0.5, 0.6) is 0 Å². The standard InChI is InChI=1S/C16H23F3N2O/c1-2-3-15(22)12-20-8-10-21(11-9-20)14-6-4-13(5-7-14)16(17,18)19/h4-7,15,22H,2-3,8-12H2,1H3. The zero-order valence-electron chi connectivity index (χ0n) is 12.8. The van der Waals surface area contributed by atoms with Crippen LogP contribution in [0.2, 0.25) is 0 Å². The lowest BCUT2D eigenvalue weighted by Crippen LogP contribution is -2.48. The minimum Gasteiger partial charge on any atom is -0.392 e. The quantitative estimate of drug-likeness (QED) is 0.905. The Hall–Kier alpha value is -1.27. The molecule has 0 bridgehead atoms. The van der Waals surface area contributed by atoms with Crippen LogP contribution in [0.25, 0.3) is 0 Å². The van der Waals surface area contributed by atoms with E-state index in [2.05, 4.69) is 9.80 Å². The topological polar surface area (TPSA) is 26.7 Å². The number of β-amino-alcohol motifs (C(OH)–C–C–N with tert-alkyl or cyclic N) is 1. The van der Waals surface area contributed by atoms with Gasteiger partial charge in [-0.2, -0.15) is 13.2 Å². The number of aliphatic hydroxyl groups excluding tert-OH is 1. The molecule has 1 atom stereocenters. The van der Waals surface area contributed by atoms with Gasteiger partial charge in [0.25, 0.3) is 0 Å². The average molecular weight is 316 g/mol. The predicted molar refractivity (Wildman–Crippen MR) is 81.0 cm³/mol. The number of piperazine rings is 1. The second kappa shape index (κ2) is 7.33. The van der Waals surface area contributed by atoms with Crippen molar-refractivity contribution in [2.75, 3.05) is 37.6 Å². The Balaban J connectivity index is 1.86. The van der Waals surface area contributed by atoms with Crippen molar-refractivity contribution in [2.24, 2.45) is 0 Å². The maximum Gasteiger partial charge on any atom is 0.416 e. The first-order valence-electron chi connectivity index (χ1n) is 7.72. The molecule has 124 valence electrons. The Morgan fingerprint density at radius 2 is 1.68 bits per heavy atom. The Kier molecular flexibility index (Phi) is 5.69. The number of benzene rings is 1. The molecule has 1 N–H and O–H groups in total. The molecular formula is C16H23F3N2O. The van der Waals surface area contributed by atoms with Crippen molar-refractivity contribution in [1.82, 2.24) is 4.90 Å². The SMILES string of the molecule is CCCC(O)CN1CCN(c2ccc(C(F)(F)F)cc2)CC1. The van der Waals surface area contributed by atoms with Crippen LogP contribution in [-0.4, -0.2) is 48.8 Å². The molecule has 0 aliphatic carbocycles. The molecular weight excluding hydrogens is 293 g/mol. The van der Waals surface area contributed by atoms with E-state index in [9.17, 15) is 18.3 Å². The summed E-state index contributed by atoms with van der Waals surface area (Å²) in [5.41, 5.74) is 0.208. The van der Waals surface area contributed by atoms with E-state index < -0.39 is 11.7 Å². The van der Waals surface area contributed by atoms with Crippen LogP contribution in [-0.2, 0) is 6.18 Å². The van der Waals surface area contributed by atoms with Gasteiger partial charge in [0.15, 0.2) is 0 Å². The molecule has 1 aliphatic rings. The van der Waals surface area contributed by atoms with E-state index in [0.29, 0.717) is 6.54 Å². The van der Waals surface area contributed by atoms with Crippen LogP contribution in [0.15, 0.2) is 24.3 Å². The van der Waals surface area contributed by atoms with Crippen molar-refractivity contribution >= 4 is 5.69 Å². The molecule has 1 aromatic carbocycles. The molecule has 0 aromatic heterocycles. The van der Waals surface area contributed by atoms with Crippen molar-refractivity contribution in [2.45, 2.75) is 32.0 Å². The van der Waals surface area contributed by atoms with Crippen LogP contribution in [0.3, 0.4) is 0 Å². The number of nitrogens with zero attached hydrogens (tertiary/aromatic N) is 2. The van der Waals surface area contributed by atoms with Gasteiger partial charge >= 0.3 is 6.18 Å². The van der Waals surface area contributed by atoms with E-state index in [-0.39, 0.29) is 6.10 Å². The molecule has 0 radical (unpaired) electrons. The van der Waals surface area contributed by atoms with Gasteiger partial charge in [0.2, 0.25) is 0 Å². The van der Waals surface area contributed by atoms with E-state index in [1.54, 1.807) is 0 Å². The van der Waals surface area contributed by atoms with Gasteiger partial charge in [-0.1, -0.05) is 13.3 Å². The summed E-state index contributed by atoms with van der Waals surface area (Å²) in [6.45, 7) is 5.90. The summed E-state index contributed by atoms with van der Waals surface area (Å²) in [5.74, 6) is 0. The fraction of sp³-hybridized carbons (Fsp3) is 0.625. The lowest BCUT2D eigenvalue weighted by atomic mass is 10.1. The summed E-state index contributed by atoms with van der Waals surface area (Å²) in [7, 11) is 0. The molecule has 1 aliphatic heterocycles. The molecule has 22 heavy (non-hydrogen) atoms. The number of alkyl halides is 3. The highest BCUT2D eigenvalue weighted by atomic mass is 19.4. The fourth-order valence-electron chi connectivity index (χ4n) is 2.77. The molecule has 1 fully saturated rings. The third kappa shape index (κ3) is 4.61. The molecule has 0 saturated carbocycles. The van der Waals surface area contributed by atoms with Gasteiger partial charge in [-0.25, -0.2) is 0 Å². The van der Waals surface area contributed by atoms with Crippen LogP contribution in [0, 0.1) is 0 Å². The van der Waals surface area contributed by atoms with Crippen LogP contribution < -0.4 is 4.90 Å². The van der Waals surface area contributed by atoms with E-state index in [1.807, 2.05) is 6.92 Å². The number of hydrogen-bond acceptors (Lipinski definition) is 3. The first kappa shape index (κ1) is 17.1. The lowest BCUT2D eigenvalue weighted by molar-refractivity contribution is -0.137. The number of halogens is 3. The van der Waals surface area contributed by atoms with Crippen molar-refractivity contribution in [3.8, 4) is 0 Å². The van der Waals surface area contributed by atoms with Gasteiger partial charge in [-0.05, 0) is 30.7 Å². The summed E-state index contributed by atoms with van der Waals surface area (Å²) in [6, 6.07) is 5.33. The number of aliphatic hydroxyl groups is 1. The first-order valence-corrected chi connectivity index (χ1v) is 7.72. The van der Waals surface area contributed by atoms with Gasteiger partial charge in [-0.3, -0.25) is 4.90 Å². The third-order valence-electron chi connectivity index (χ3n) is 4.02. The highest BCUT2D eigenvalue weighted by molar-refractivity contribution is 5.48. The molecule has 1 heterocycles. The normalized spacial score (nSPS) is 18.5. The summed E-state index contributed by atoms with van der Waals surface area (Å²) in [5, 5.41) is 9.83. The maximum absolute atomic E-state index is 12.6. The average Bonchev–Trinajstić information content (AvgIpc) is 2.47. The zero-order chi connectivity index (χ0) is 16.2. The monoisotopic (exact) mass is 316 g/mol. The van der Waals surface area contributed by atoms with Gasteiger partial charge in [-0.15, -0.1) is 0 Å². The van der Waals surface area contributed by atoms with Crippen LogP contribution >= 0.6 is 0 Å². The summed E-state index contributed by atoms with van der Waals surface area (Å²) in [4.78, 5) is 4.30. The van der Waals surface area contributed by atoms with E-state index in [1.165, 1.54) is 12.1 Å². The molecule has 6 heteroatoms. The Morgan fingerprint density at radius 1 is 1.09 bits per heavy atom. The first-order chi connectivity index (χ1) is 10.4. The van der Waals surface area contributed by atoms with Crippen LogP contribution in [0.1, 0.15) is 25.3 Å². The van der Waals surface area contributed by atoms with E-state index in [4.69, 9.17) is 0 Å². The Morgan fingerprint density at radius 3 is 2.18 bits per heavy atom. The van der Waals surface area contributed by atoms with Crippen LogP contribution in [0.4, 0.5) is 18.9 Å². The van der Waals surface area contributed by atoms with Gasteiger partial charge in [0.1, 0.15) is 0 Å². The van der Waals surface area contributed by atoms with Crippen molar-refractivity contribution in [3.05, 3.63) is 29.8 Å². The molecule has 1 aromatic rings. The predicted octanol–water partition coefficient (Wildman–Crippen LogP) is 2.99. The fourth-order valence-corrected chi connectivity index (χ4v) is 2.77.